The minimum absolute atomic E-state index is 0.0643. The number of nitrogens with two attached hydrogens (primary N) is 1. The van der Waals surface area contributed by atoms with Gasteiger partial charge in [0.05, 0.1) is 5.54 Å². The highest BCUT2D eigenvalue weighted by molar-refractivity contribution is 6.01. The van der Waals surface area contributed by atoms with Crippen LogP contribution in [0.5, 0.6) is 0 Å². The van der Waals surface area contributed by atoms with Crippen LogP contribution in [0.3, 0.4) is 0 Å². The summed E-state index contributed by atoms with van der Waals surface area (Å²) in [7, 11) is 0. The van der Waals surface area contributed by atoms with Crippen LogP contribution in [0.1, 0.15) is 113 Å². The number of hydrogen-bond donors (Lipinski definition) is 3. The summed E-state index contributed by atoms with van der Waals surface area (Å²) in [4.78, 5) is 12.3. The van der Waals surface area contributed by atoms with Crippen molar-refractivity contribution in [1.29, 1.82) is 5.41 Å². The van der Waals surface area contributed by atoms with Gasteiger partial charge in [-0.1, -0.05) is 89.7 Å². The fraction of sp³-hybridized carbons (Fsp3) is 0.680. The lowest BCUT2D eigenvalue weighted by Crippen LogP contribution is -2.46. The van der Waals surface area contributed by atoms with Gasteiger partial charge in [-0.25, -0.2) is 0 Å². The van der Waals surface area contributed by atoms with E-state index in [0.717, 1.165) is 19.3 Å². The van der Waals surface area contributed by atoms with Crippen LogP contribution >= 0.6 is 0 Å². The Kier molecular flexibility index (Phi) is 10.2. The van der Waals surface area contributed by atoms with Crippen LogP contribution < -0.4 is 11.1 Å². The lowest BCUT2D eigenvalue weighted by atomic mass is 10.0. The maximum atomic E-state index is 12.3. The first-order chi connectivity index (χ1) is 14.1. The van der Waals surface area contributed by atoms with Crippen molar-refractivity contribution < 1.29 is 4.79 Å². The molecule has 1 amide bonds. The third-order valence-electron chi connectivity index (χ3n) is 6.15. The zero-order chi connectivity index (χ0) is 21.0. The van der Waals surface area contributed by atoms with E-state index in [1.807, 2.05) is 12.1 Å². The number of benzene rings is 1. The third-order valence-corrected chi connectivity index (χ3v) is 6.15. The van der Waals surface area contributed by atoms with Gasteiger partial charge in [0, 0.05) is 5.56 Å². The van der Waals surface area contributed by atoms with E-state index in [2.05, 4.69) is 24.4 Å². The zero-order valence-corrected chi connectivity index (χ0v) is 18.4. The summed E-state index contributed by atoms with van der Waals surface area (Å²) in [6.07, 6.45) is 19.0. The molecule has 1 saturated carbocycles. The molecular weight excluding hydrogens is 358 g/mol. The fourth-order valence-electron chi connectivity index (χ4n) is 3.87. The van der Waals surface area contributed by atoms with Gasteiger partial charge >= 0.3 is 0 Å². The predicted molar refractivity (Wildman–Crippen MR) is 123 cm³/mol. The molecule has 0 saturated heterocycles. The van der Waals surface area contributed by atoms with Gasteiger partial charge in [0.25, 0.3) is 5.91 Å². The Morgan fingerprint density at radius 2 is 1.38 bits per heavy atom. The molecule has 0 aliphatic heterocycles. The molecule has 4 nitrogen and oxygen atoms in total. The SMILES string of the molecule is CCCCCCCCCCCCCCc1ccc(C(=O)NC2(C(=N)N)CC2)cc1. The van der Waals surface area contributed by atoms with Crippen LogP contribution in [0.25, 0.3) is 0 Å². The molecule has 0 aromatic heterocycles. The van der Waals surface area contributed by atoms with Crippen molar-refractivity contribution in [2.45, 2.75) is 109 Å². The average Bonchev–Trinajstić information content (AvgIpc) is 3.50. The van der Waals surface area contributed by atoms with Crippen LogP contribution in [0, 0.1) is 5.41 Å². The van der Waals surface area contributed by atoms with Crippen molar-refractivity contribution in [3.05, 3.63) is 35.4 Å². The zero-order valence-electron chi connectivity index (χ0n) is 18.4. The third kappa shape index (κ3) is 8.59. The van der Waals surface area contributed by atoms with Crippen molar-refractivity contribution >= 4 is 11.7 Å². The van der Waals surface area contributed by atoms with Gasteiger partial charge < -0.3 is 11.1 Å². The summed E-state index contributed by atoms with van der Waals surface area (Å²) >= 11 is 0. The predicted octanol–water partition coefficient (Wildman–Crippen LogP) is 6.13. The second-order valence-electron chi connectivity index (χ2n) is 8.79. The first-order valence-electron chi connectivity index (χ1n) is 11.8. The van der Waals surface area contributed by atoms with Crippen molar-refractivity contribution in [1.82, 2.24) is 5.32 Å². The van der Waals surface area contributed by atoms with Crippen molar-refractivity contribution in [3.63, 3.8) is 0 Å². The maximum Gasteiger partial charge on any atom is 0.252 e. The standard InChI is InChI=1S/C25H41N3O/c1-2-3-4-5-6-7-8-9-10-11-12-13-14-21-15-17-22(18-16-21)23(29)28-25(19-20-25)24(26)27/h15-18H,2-14,19-20H2,1H3,(H3,26,27)(H,28,29). The van der Waals surface area contributed by atoms with Gasteiger partial charge in [0.15, 0.2) is 0 Å². The fourth-order valence-corrected chi connectivity index (χ4v) is 3.87. The van der Waals surface area contributed by atoms with E-state index >= 15 is 0 Å². The monoisotopic (exact) mass is 399 g/mol. The summed E-state index contributed by atoms with van der Waals surface area (Å²) < 4.78 is 0. The number of amides is 1. The molecule has 29 heavy (non-hydrogen) atoms. The number of hydrogen-bond acceptors (Lipinski definition) is 2. The Bertz CT molecular complexity index is 619. The maximum absolute atomic E-state index is 12.3. The highest BCUT2D eigenvalue weighted by atomic mass is 16.1. The summed E-state index contributed by atoms with van der Waals surface area (Å²) in [5, 5.41) is 10.5. The molecule has 0 heterocycles. The van der Waals surface area contributed by atoms with Crippen LogP contribution in [0.2, 0.25) is 0 Å². The summed E-state index contributed by atoms with van der Waals surface area (Å²) in [6.45, 7) is 2.27. The molecule has 2 rings (SSSR count). The van der Waals surface area contributed by atoms with Crippen LogP contribution in [-0.2, 0) is 6.42 Å². The molecule has 0 atom stereocenters. The molecule has 162 valence electrons. The van der Waals surface area contributed by atoms with Crippen LogP contribution in [-0.4, -0.2) is 17.3 Å². The van der Waals surface area contributed by atoms with E-state index in [1.54, 1.807) is 0 Å². The highest BCUT2D eigenvalue weighted by Crippen LogP contribution is 2.35. The Hall–Kier alpha value is -1.84. The summed E-state index contributed by atoms with van der Waals surface area (Å²) in [6, 6.07) is 7.89. The molecular formula is C25H41N3O. The highest BCUT2D eigenvalue weighted by Gasteiger charge is 2.47. The smallest absolute Gasteiger partial charge is 0.252 e. The van der Waals surface area contributed by atoms with Crippen molar-refractivity contribution in [2.75, 3.05) is 0 Å². The van der Waals surface area contributed by atoms with E-state index in [9.17, 15) is 4.79 Å². The minimum atomic E-state index is -0.579. The second kappa shape index (κ2) is 12.7. The van der Waals surface area contributed by atoms with E-state index in [1.165, 1.54) is 82.6 Å². The molecule has 0 unspecified atom stereocenters. The van der Waals surface area contributed by atoms with E-state index in [-0.39, 0.29) is 11.7 Å². The van der Waals surface area contributed by atoms with Gasteiger partial charge in [-0.2, -0.15) is 0 Å². The number of carbonyl (C=O) groups excluding carboxylic acids is 1. The molecule has 1 aromatic rings. The first kappa shape index (κ1) is 23.4. The Labute approximate surface area is 177 Å². The molecule has 0 radical (unpaired) electrons. The molecule has 4 heteroatoms. The quantitative estimate of drug-likeness (QED) is 0.178. The topological polar surface area (TPSA) is 79.0 Å². The normalized spacial score (nSPS) is 14.5. The molecule has 1 aliphatic rings. The number of carbonyl (C=O) groups is 1. The minimum Gasteiger partial charge on any atom is -0.386 e. The number of nitrogens with one attached hydrogen (secondary N) is 2. The van der Waals surface area contributed by atoms with Crippen LogP contribution in [0.15, 0.2) is 24.3 Å². The van der Waals surface area contributed by atoms with Gasteiger partial charge in [0.2, 0.25) is 0 Å². The van der Waals surface area contributed by atoms with E-state index in [4.69, 9.17) is 11.1 Å². The largest absolute Gasteiger partial charge is 0.386 e. The van der Waals surface area contributed by atoms with Crippen molar-refractivity contribution in [2.24, 2.45) is 5.73 Å². The summed E-state index contributed by atoms with van der Waals surface area (Å²) in [5.41, 5.74) is 6.95. The number of aryl methyl sites for hydroxylation is 1. The Balaban J connectivity index is 1.51. The molecule has 0 spiro atoms. The number of unbranched alkanes of at least 4 members (excludes halogenated alkanes) is 11. The molecule has 1 aromatic carbocycles. The van der Waals surface area contributed by atoms with Gasteiger partial charge in [0.1, 0.15) is 5.84 Å². The number of rotatable bonds is 16. The Morgan fingerprint density at radius 3 is 1.83 bits per heavy atom. The van der Waals surface area contributed by atoms with Crippen LogP contribution in [0.4, 0.5) is 0 Å². The van der Waals surface area contributed by atoms with Gasteiger partial charge in [-0.3, -0.25) is 10.2 Å². The Morgan fingerprint density at radius 1 is 0.897 bits per heavy atom. The molecule has 4 N–H and O–H groups in total. The molecule has 1 fully saturated rings. The van der Waals surface area contributed by atoms with Gasteiger partial charge in [-0.05, 0) is 43.4 Å². The van der Waals surface area contributed by atoms with Crippen molar-refractivity contribution in [3.8, 4) is 0 Å². The van der Waals surface area contributed by atoms with E-state index < -0.39 is 5.54 Å². The first-order valence-corrected chi connectivity index (χ1v) is 11.8. The average molecular weight is 400 g/mol. The molecule has 0 bridgehead atoms. The summed E-state index contributed by atoms with van der Waals surface area (Å²) in [5.74, 6) is -0.0657. The molecule has 1 aliphatic carbocycles. The lowest BCUT2D eigenvalue weighted by molar-refractivity contribution is 0.0943. The van der Waals surface area contributed by atoms with E-state index in [0.29, 0.717) is 5.56 Å². The van der Waals surface area contributed by atoms with Gasteiger partial charge in [-0.15, -0.1) is 0 Å². The second-order valence-corrected chi connectivity index (χ2v) is 8.79. The lowest BCUT2D eigenvalue weighted by Gasteiger charge is -2.15. The number of amidine groups is 1.